The van der Waals surface area contributed by atoms with Crippen LogP contribution in [0.5, 0.6) is 0 Å². The highest BCUT2D eigenvalue weighted by Gasteiger charge is 2.34. The highest BCUT2D eigenvalue weighted by molar-refractivity contribution is 5.71. The number of carbonyl (C=O) groups excluding carboxylic acids is 1. The van der Waals surface area contributed by atoms with Crippen LogP contribution in [0.4, 0.5) is 4.39 Å². The Bertz CT molecular complexity index is 394. The second-order valence-corrected chi connectivity index (χ2v) is 4.08. The molecule has 0 saturated carbocycles. The fourth-order valence-corrected chi connectivity index (χ4v) is 1.99. The summed E-state index contributed by atoms with van der Waals surface area (Å²) in [7, 11) is 1.35. The summed E-state index contributed by atoms with van der Waals surface area (Å²) in [4.78, 5) is 15.6. The molecule has 0 radical (unpaired) electrons. The Hall–Kier alpha value is -1.49. The Balaban J connectivity index is 3.09. The molecular weight excluding hydrogens is 235 g/mol. The second kappa shape index (κ2) is 6.44. The minimum atomic E-state index is -0.602. The topological polar surface area (TPSA) is 51.2 Å². The van der Waals surface area contributed by atoms with E-state index in [-0.39, 0.29) is 12.4 Å². The number of rotatable bonds is 6. The maximum absolute atomic E-state index is 12.9. The van der Waals surface area contributed by atoms with Crippen molar-refractivity contribution in [1.82, 2.24) is 10.3 Å². The molecule has 0 spiro atoms. The smallest absolute Gasteiger partial charge is 0.307 e. The molecule has 0 amide bonds. The number of ether oxygens (including phenoxy) is 1. The molecule has 1 rings (SSSR count). The minimum Gasteiger partial charge on any atom is -0.469 e. The van der Waals surface area contributed by atoms with Crippen molar-refractivity contribution in [2.75, 3.05) is 13.7 Å². The number of carbonyl (C=O) groups is 1. The Kier molecular flexibility index (Phi) is 5.22. The molecular formula is C13H19FN2O2. The molecule has 0 fully saturated rings. The van der Waals surface area contributed by atoms with Gasteiger partial charge >= 0.3 is 5.97 Å². The molecule has 100 valence electrons. The Morgan fingerprint density at radius 3 is 2.67 bits per heavy atom. The van der Waals surface area contributed by atoms with E-state index in [1.54, 1.807) is 6.07 Å². The van der Waals surface area contributed by atoms with Crippen LogP contribution in [-0.4, -0.2) is 24.6 Å². The van der Waals surface area contributed by atoms with Gasteiger partial charge in [-0.3, -0.25) is 9.78 Å². The lowest BCUT2D eigenvalue weighted by Gasteiger charge is -2.32. The van der Waals surface area contributed by atoms with Gasteiger partial charge in [-0.05, 0) is 25.1 Å². The maximum atomic E-state index is 12.9. The first-order chi connectivity index (χ1) is 8.57. The monoisotopic (exact) mass is 254 g/mol. The second-order valence-electron chi connectivity index (χ2n) is 4.08. The number of methoxy groups -OCH3 is 1. The van der Waals surface area contributed by atoms with Crippen LogP contribution in [0.1, 0.15) is 32.4 Å². The number of halogens is 1. The Morgan fingerprint density at radius 2 is 2.22 bits per heavy atom. The van der Waals surface area contributed by atoms with E-state index in [9.17, 15) is 9.18 Å². The molecule has 1 aromatic heterocycles. The van der Waals surface area contributed by atoms with Crippen molar-refractivity contribution in [2.24, 2.45) is 0 Å². The van der Waals surface area contributed by atoms with Crippen molar-refractivity contribution < 1.29 is 13.9 Å². The molecule has 0 aromatic carbocycles. The summed E-state index contributed by atoms with van der Waals surface area (Å²) in [5, 5.41) is 3.26. The average molecular weight is 254 g/mol. The molecule has 4 nitrogen and oxygen atoms in total. The summed E-state index contributed by atoms with van der Waals surface area (Å²) in [5.74, 6) is -0.706. The molecule has 5 heteroatoms. The van der Waals surface area contributed by atoms with Gasteiger partial charge in [0.05, 0.1) is 31.0 Å². The molecule has 0 saturated heterocycles. The number of hydrogen-bond donors (Lipinski definition) is 1. The van der Waals surface area contributed by atoms with Crippen LogP contribution in [0.15, 0.2) is 18.3 Å². The molecule has 0 aliphatic rings. The highest BCUT2D eigenvalue weighted by Crippen LogP contribution is 2.27. The lowest BCUT2D eigenvalue weighted by Crippen LogP contribution is -2.44. The van der Waals surface area contributed by atoms with Gasteiger partial charge in [0.15, 0.2) is 0 Å². The van der Waals surface area contributed by atoms with Gasteiger partial charge in [0.1, 0.15) is 5.82 Å². The van der Waals surface area contributed by atoms with Crippen LogP contribution in [-0.2, 0) is 15.1 Å². The van der Waals surface area contributed by atoms with E-state index in [2.05, 4.69) is 10.3 Å². The SMILES string of the molecule is CCNC(CC)(CC(=O)OC)c1ccc(F)cn1. The quantitative estimate of drug-likeness (QED) is 0.789. The summed E-state index contributed by atoms with van der Waals surface area (Å²) < 4.78 is 17.6. The van der Waals surface area contributed by atoms with Crippen molar-refractivity contribution in [1.29, 1.82) is 0 Å². The molecule has 0 aliphatic heterocycles. The molecule has 0 aliphatic carbocycles. The van der Waals surface area contributed by atoms with Crippen LogP contribution < -0.4 is 5.32 Å². The van der Waals surface area contributed by atoms with Crippen LogP contribution in [0, 0.1) is 5.82 Å². The van der Waals surface area contributed by atoms with Crippen LogP contribution >= 0.6 is 0 Å². The summed E-state index contributed by atoms with van der Waals surface area (Å²) >= 11 is 0. The molecule has 1 unspecified atom stereocenters. The number of hydrogen-bond acceptors (Lipinski definition) is 4. The van der Waals surface area contributed by atoms with E-state index >= 15 is 0 Å². The molecule has 18 heavy (non-hydrogen) atoms. The lowest BCUT2D eigenvalue weighted by molar-refractivity contribution is -0.142. The third kappa shape index (κ3) is 3.26. The van der Waals surface area contributed by atoms with Gasteiger partial charge in [-0.15, -0.1) is 0 Å². The fourth-order valence-electron chi connectivity index (χ4n) is 1.99. The van der Waals surface area contributed by atoms with E-state index < -0.39 is 11.4 Å². The Labute approximate surface area is 107 Å². The zero-order chi connectivity index (χ0) is 13.6. The predicted octanol–water partition coefficient (Wildman–Crippen LogP) is 2.00. The van der Waals surface area contributed by atoms with Crippen molar-refractivity contribution in [2.45, 2.75) is 32.2 Å². The predicted molar refractivity (Wildman–Crippen MR) is 66.5 cm³/mol. The molecule has 1 aromatic rings. The zero-order valence-corrected chi connectivity index (χ0v) is 11.0. The lowest BCUT2D eigenvalue weighted by atomic mass is 9.87. The molecule has 0 bridgehead atoms. The number of nitrogens with zero attached hydrogens (tertiary/aromatic N) is 1. The van der Waals surface area contributed by atoms with Gasteiger partial charge in [0.2, 0.25) is 0 Å². The van der Waals surface area contributed by atoms with Gasteiger partial charge in [0, 0.05) is 0 Å². The first-order valence-corrected chi connectivity index (χ1v) is 6.02. The van der Waals surface area contributed by atoms with Crippen LogP contribution in [0.2, 0.25) is 0 Å². The fraction of sp³-hybridized carbons (Fsp3) is 0.538. The highest BCUT2D eigenvalue weighted by atomic mass is 19.1. The maximum Gasteiger partial charge on any atom is 0.307 e. The normalized spacial score (nSPS) is 14.0. The van der Waals surface area contributed by atoms with Crippen molar-refractivity contribution in [3.05, 3.63) is 29.8 Å². The van der Waals surface area contributed by atoms with Crippen molar-refractivity contribution in [3.63, 3.8) is 0 Å². The molecule has 1 atom stereocenters. The van der Waals surface area contributed by atoms with Crippen molar-refractivity contribution >= 4 is 5.97 Å². The van der Waals surface area contributed by atoms with Crippen LogP contribution in [0.25, 0.3) is 0 Å². The summed E-state index contributed by atoms with van der Waals surface area (Å²) in [6.45, 7) is 4.59. The first-order valence-electron chi connectivity index (χ1n) is 6.02. The largest absolute Gasteiger partial charge is 0.469 e. The Morgan fingerprint density at radius 1 is 1.50 bits per heavy atom. The van der Waals surface area contributed by atoms with Gasteiger partial charge in [-0.25, -0.2) is 4.39 Å². The summed E-state index contributed by atoms with van der Waals surface area (Å²) in [5.41, 5.74) is 0.0499. The average Bonchev–Trinajstić information content (AvgIpc) is 2.38. The van der Waals surface area contributed by atoms with E-state index in [1.165, 1.54) is 13.2 Å². The summed E-state index contributed by atoms with van der Waals surface area (Å²) in [6.07, 6.45) is 2.00. The number of nitrogens with one attached hydrogen (secondary N) is 1. The van der Waals surface area contributed by atoms with Gasteiger partial charge in [-0.2, -0.15) is 0 Å². The molecule has 1 N–H and O–H groups in total. The third-order valence-corrected chi connectivity index (χ3v) is 3.01. The number of pyridine rings is 1. The van der Waals surface area contributed by atoms with E-state index in [1.807, 2.05) is 13.8 Å². The number of aromatic nitrogens is 1. The summed E-state index contributed by atoms with van der Waals surface area (Å²) in [6, 6.07) is 2.95. The van der Waals surface area contributed by atoms with Crippen molar-refractivity contribution in [3.8, 4) is 0 Å². The van der Waals surface area contributed by atoms with E-state index in [4.69, 9.17) is 4.74 Å². The van der Waals surface area contributed by atoms with Crippen LogP contribution in [0.3, 0.4) is 0 Å². The van der Waals surface area contributed by atoms with Gasteiger partial charge < -0.3 is 10.1 Å². The third-order valence-electron chi connectivity index (χ3n) is 3.01. The standard InChI is InChI=1S/C13H19FN2O2/c1-4-13(16-5-2,8-12(17)18-3)11-7-6-10(14)9-15-11/h6-7,9,16H,4-5,8H2,1-3H3. The van der Waals surface area contributed by atoms with Gasteiger partial charge in [-0.1, -0.05) is 13.8 Å². The van der Waals surface area contributed by atoms with Gasteiger partial charge in [0.25, 0.3) is 0 Å². The van der Waals surface area contributed by atoms with E-state index in [0.29, 0.717) is 18.7 Å². The number of esters is 1. The minimum absolute atomic E-state index is 0.173. The molecule has 1 heterocycles. The first kappa shape index (κ1) is 14.6. The zero-order valence-electron chi connectivity index (χ0n) is 11.0. The van der Waals surface area contributed by atoms with E-state index in [0.717, 1.165) is 6.20 Å².